The van der Waals surface area contributed by atoms with Crippen molar-refractivity contribution in [1.29, 1.82) is 0 Å². The number of amides is 1. The predicted octanol–water partition coefficient (Wildman–Crippen LogP) is 3.38. The van der Waals surface area contributed by atoms with Gasteiger partial charge in [-0.05, 0) is 44.0 Å². The molecule has 144 valence electrons. The highest BCUT2D eigenvalue weighted by Crippen LogP contribution is 2.25. The number of pyridine rings is 1. The summed E-state index contributed by atoms with van der Waals surface area (Å²) < 4.78 is 26.8. The van der Waals surface area contributed by atoms with Crippen LogP contribution in [0.2, 0.25) is 0 Å². The third-order valence-corrected chi connectivity index (χ3v) is 7.30. The second-order valence-electron chi connectivity index (χ2n) is 6.41. The molecule has 1 atom stereocenters. The molecule has 1 aromatic heterocycles. The summed E-state index contributed by atoms with van der Waals surface area (Å²) in [5.41, 5.74) is 0.742. The van der Waals surface area contributed by atoms with Gasteiger partial charge >= 0.3 is 0 Å². The van der Waals surface area contributed by atoms with Crippen LogP contribution in [0.1, 0.15) is 26.2 Å². The Kier molecular flexibility index (Phi) is 6.51. The lowest BCUT2D eigenvalue weighted by Gasteiger charge is -2.25. The molecule has 1 aliphatic heterocycles. The molecule has 1 aromatic carbocycles. The Balaban J connectivity index is 1.62. The topological polar surface area (TPSA) is 79.4 Å². The lowest BCUT2D eigenvalue weighted by atomic mass is 10.2. The van der Waals surface area contributed by atoms with Gasteiger partial charge in [-0.1, -0.05) is 36.4 Å². The maximum Gasteiger partial charge on any atom is 0.244 e. The quantitative estimate of drug-likeness (QED) is 0.746. The predicted molar refractivity (Wildman–Crippen MR) is 107 cm³/mol. The number of piperidine rings is 1. The second kappa shape index (κ2) is 8.86. The van der Waals surface area contributed by atoms with E-state index in [-0.39, 0.29) is 16.1 Å². The van der Waals surface area contributed by atoms with E-state index in [2.05, 4.69) is 10.3 Å². The number of rotatable bonds is 6. The van der Waals surface area contributed by atoms with Gasteiger partial charge in [0.1, 0.15) is 4.90 Å². The van der Waals surface area contributed by atoms with Crippen molar-refractivity contribution < 1.29 is 13.2 Å². The van der Waals surface area contributed by atoms with Gasteiger partial charge in [0.25, 0.3) is 0 Å². The molecule has 0 aliphatic carbocycles. The largest absolute Gasteiger partial charge is 0.325 e. The van der Waals surface area contributed by atoms with Gasteiger partial charge in [-0.25, -0.2) is 13.4 Å². The zero-order valence-corrected chi connectivity index (χ0v) is 16.8. The smallest absolute Gasteiger partial charge is 0.244 e. The molecule has 2 heterocycles. The molecule has 0 saturated carbocycles. The number of aromatic nitrogens is 1. The minimum atomic E-state index is -3.48. The van der Waals surface area contributed by atoms with E-state index in [0.29, 0.717) is 18.1 Å². The number of nitrogens with zero attached hydrogens (tertiary/aromatic N) is 2. The number of benzene rings is 1. The summed E-state index contributed by atoms with van der Waals surface area (Å²) in [5.74, 6) is -0.127. The lowest BCUT2D eigenvalue weighted by molar-refractivity contribution is -0.115. The molecule has 8 heteroatoms. The number of carbonyl (C=O) groups is 1. The van der Waals surface area contributed by atoms with E-state index in [1.54, 1.807) is 19.1 Å². The summed E-state index contributed by atoms with van der Waals surface area (Å²) in [6.45, 7) is 2.92. The molecule has 1 fully saturated rings. The van der Waals surface area contributed by atoms with Gasteiger partial charge < -0.3 is 5.32 Å². The van der Waals surface area contributed by atoms with Crippen LogP contribution in [0.15, 0.2) is 58.6 Å². The molecular weight excluding hydrogens is 382 g/mol. The van der Waals surface area contributed by atoms with Crippen molar-refractivity contribution in [2.45, 2.75) is 41.4 Å². The molecule has 6 nitrogen and oxygen atoms in total. The summed E-state index contributed by atoms with van der Waals surface area (Å²) >= 11 is 1.29. The van der Waals surface area contributed by atoms with Gasteiger partial charge in [0, 0.05) is 25.0 Å². The average Bonchev–Trinajstić information content (AvgIpc) is 2.70. The molecule has 27 heavy (non-hydrogen) atoms. The second-order valence-corrected chi connectivity index (χ2v) is 9.71. The van der Waals surface area contributed by atoms with Gasteiger partial charge in [0.2, 0.25) is 15.9 Å². The Morgan fingerprint density at radius 1 is 1.11 bits per heavy atom. The van der Waals surface area contributed by atoms with E-state index in [0.717, 1.165) is 24.9 Å². The molecule has 1 amide bonds. The van der Waals surface area contributed by atoms with E-state index in [4.69, 9.17) is 0 Å². The van der Waals surface area contributed by atoms with E-state index in [1.165, 1.54) is 22.3 Å². The fourth-order valence-corrected chi connectivity index (χ4v) is 5.09. The minimum absolute atomic E-state index is 0.127. The van der Waals surface area contributed by atoms with Crippen LogP contribution in [-0.4, -0.2) is 42.0 Å². The number of nitrogens with one attached hydrogen (secondary N) is 1. The molecule has 0 radical (unpaired) electrons. The van der Waals surface area contributed by atoms with Crippen LogP contribution in [0.3, 0.4) is 0 Å². The Hall–Kier alpha value is -1.90. The molecule has 1 aliphatic rings. The highest BCUT2D eigenvalue weighted by Gasteiger charge is 2.26. The monoisotopic (exact) mass is 405 g/mol. The Morgan fingerprint density at radius 3 is 2.44 bits per heavy atom. The highest BCUT2D eigenvalue weighted by molar-refractivity contribution is 8.00. The SMILES string of the molecule is CC(Sc1ccc(S(=O)(=O)N2CCCCC2)cn1)C(=O)Nc1ccccc1. The first-order chi connectivity index (χ1) is 13.0. The van der Waals surface area contributed by atoms with E-state index in [1.807, 2.05) is 30.3 Å². The summed E-state index contributed by atoms with van der Waals surface area (Å²) in [7, 11) is -3.48. The van der Waals surface area contributed by atoms with Crippen molar-refractivity contribution in [1.82, 2.24) is 9.29 Å². The van der Waals surface area contributed by atoms with Gasteiger partial charge in [-0.2, -0.15) is 4.31 Å². The molecule has 0 spiro atoms. The first-order valence-electron chi connectivity index (χ1n) is 8.95. The standard InChI is InChI=1S/C19H23N3O3S2/c1-15(19(23)21-16-8-4-2-5-9-16)26-18-11-10-17(14-20-18)27(24,25)22-12-6-3-7-13-22/h2,4-5,8-11,14-15H,3,6-7,12-13H2,1H3,(H,21,23). The Morgan fingerprint density at radius 2 is 1.81 bits per heavy atom. The molecule has 3 rings (SSSR count). The third kappa shape index (κ3) is 5.09. The van der Waals surface area contributed by atoms with Gasteiger partial charge in [-0.15, -0.1) is 0 Å². The number of anilines is 1. The Labute approximate surface area is 164 Å². The molecular formula is C19H23N3O3S2. The van der Waals surface area contributed by atoms with Crippen molar-refractivity contribution in [3.8, 4) is 0 Å². The number of hydrogen-bond donors (Lipinski definition) is 1. The van der Waals surface area contributed by atoms with Crippen LogP contribution >= 0.6 is 11.8 Å². The number of hydrogen-bond acceptors (Lipinski definition) is 5. The molecule has 1 unspecified atom stereocenters. The van der Waals surface area contributed by atoms with Crippen LogP contribution in [0, 0.1) is 0 Å². The zero-order valence-electron chi connectivity index (χ0n) is 15.2. The first-order valence-corrected chi connectivity index (χ1v) is 11.3. The van der Waals surface area contributed by atoms with Crippen molar-refractivity contribution in [3.63, 3.8) is 0 Å². The summed E-state index contributed by atoms with van der Waals surface area (Å²) in [6, 6.07) is 12.5. The van der Waals surface area contributed by atoms with Gasteiger partial charge in [0.15, 0.2) is 0 Å². The summed E-state index contributed by atoms with van der Waals surface area (Å²) in [5, 5.41) is 3.11. The first kappa shape index (κ1) is 19.9. The number of thioether (sulfide) groups is 1. The lowest BCUT2D eigenvalue weighted by Crippen LogP contribution is -2.35. The molecule has 0 bridgehead atoms. The van der Waals surface area contributed by atoms with Crippen LogP contribution in [0.25, 0.3) is 0 Å². The van der Waals surface area contributed by atoms with E-state index >= 15 is 0 Å². The van der Waals surface area contributed by atoms with Gasteiger partial charge in [-0.3, -0.25) is 4.79 Å². The van der Waals surface area contributed by atoms with Crippen LogP contribution < -0.4 is 5.32 Å². The highest BCUT2D eigenvalue weighted by atomic mass is 32.2. The van der Waals surface area contributed by atoms with E-state index in [9.17, 15) is 13.2 Å². The van der Waals surface area contributed by atoms with Crippen LogP contribution in [0.5, 0.6) is 0 Å². The Bertz CT molecular complexity index is 865. The number of sulfonamides is 1. The zero-order chi connectivity index (χ0) is 19.3. The van der Waals surface area contributed by atoms with Crippen molar-refractivity contribution in [3.05, 3.63) is 48.7 Å². The summed E-state index contributed by atoms with van der Waals surface area (Å²) in [6.07, 6.45) is 4.25. The molecule has 1 saturated heterocycles. The number of para-hydroxylation sites is 1. The van der Waals surface area contributed by atoms with Crippen molar-refractivity contribution in [2.24, 2.45) is 0 Å². The van der Waals surface area contributed by atoms with Crippen LogP contribution in [-0.2, 0) is 14.8 Å². The van der Waals surface area contributed by atoms with E-state index < -0.39 is 10.0 Å². The maximum atomic E-state index is 12.6. The summed E-state index contributed by atoms with van der Waals surface area (Å²) in [4.78, 5) is 16.7. The van der Waals surface area contributed by atoms with Gasteiger partial charge in [0.05, 0.1) is 10.3 Å². The van der Waals surface area contributed by atoms with Crippen molar-refractivity contribution >= 4 is 33.4 Å². The fraction of sp³-hybridized carbons (Fsp3) is 0.368. The van der Waals surface area contributed by atoms with Crippen LogP contribution in [0.4, 0.5) is 5.69 Å². The maximum absolute atomic E-state index is 12.6. The number of carbonyl (C=O) groups excluding carboxylic acids is 1. The normalized spacial score (nSPS) is 16.6. The van der Waals surface area contributed by atoms with Crippen molar-refractivity contribution in [2.75, 3.05) is 18.4 Å². The minimum Gasteiger partial charge on any atom is -0.325 e. The third-order valence-electron chi connectivity index (χ3n) is 4.37. The molecule has 2 aromatic rings. The average molecular weight is 406 g/mol. The fourth-order valence-electron chi connectivity index (χ4n) is 2.84. The molecule has 1 N–H and O–H groups in total.